The Labute approximate surface area is 265 Å². The molecule has 46 heavy (non-hydrogen) atoms. The molecule has 5 aromatic rings. The first-order valence-electron chi connectivity index (χ1n) is 14.5. The number of hydrogen-bond acceptors (Lipinski definition) is 6. The molecule has 2 amide bonds. The van der Waals surface area contributed by atoms with Crippen molar-refractivity contribution in [3.8, 4) is 28.1 Å². The third-order valence-corrected chi connectivity index (χ3v) is 7.07. The second-order valence-electron chi connectivity index (χ2n) is 10.8. The second-order valence-corrected chi connectivity index (χ2v) is 10.8. The molecule has 0 bridgehead atoms. The van der Waals surface area contributed by atoms with E-state index < -0.39 is 17.8 Å². The number of anilines is 3. The largest absolute Gasteiger partial charge is 0.497 e. The Morgan fingerprint density at radius 1 is 0.913 bits per heavy atom. The predicted molar refractivity (Wildman–Crippen MR) is 174 cm³/mol. The molecule has 3 N–H and O–H groups in total. The molecule has 0 radical (unpaired) electrons. The van der Waals surface area contributed by atoms with Crippen molar-refractivity contribution in [1.82, 2.24) is 19.7 Å². The number of nitrogens with one attached hydrogen (secondary N) is 3. The van der Waals surface area contributed by atoms with Crippen molar-refractivity contribution in [3.05, 3.63) is 108 Å². The summed E-state index contributed by atoms with van der Waals surface area (Å²) < 4.78 is 45.9. The van der Waals surface area contributed by atoms with Crippen LogP contribution < -0.4 is 20.7 Å². The van der Waals surface area contributed by atoms with Crippen LogP contribution in [0.1, 0.15) is 11.1 Å². The lowest BCUT2D eigenvalue weighted by Crippen LogP contribution is -2.21. The number of carbonyl (C=O) groups is 1. The van der Waals surface area contributed by atoms with Crippen LogP contribution in [0, 0.1) is 0 Å². The van der Waals surface area contributed by atoms with Gasteiger partial charge in [-0.05, 0) is 85.9 Å². The number of nitrogens with zero attached hydrogens (tertiary/aromatic N) is 4. The van der Waals surface area contributed by atoms with E-state index >= 15 is 0 Å². The summed E-state index contributed by atoms with van der Waals surface area (Å²) in [6, 6.07) is 22.6. The molecule has 238 valence electrons. The molecule has 0 saturated carbocycles. The van der Waals surface area contributed by atoms with E-state index in [9.17, 15) is 18.0 Å². The highest BCUT2D eigenvalue weighted by atomic mass is 19.4. The van der Waals surface area contributed by atoms with Crippen LogP contribution in [0.4, 0.5) is 35.2 Å². The maximum absolute atomic E-state index is 12.9. The van der Waals surface area contributed by atoms with Gasteiger partial charge in [0.15, 0.2) is 0 Å². The number of ether oxygens (including phenoxy) is 1. The van der Waals surface area contributed by atoms with E-state index in [1.807, 2.05) is 67.4 Å². The number of alkyl halides is 3. The summed E-state index contributed by atoms with van der Waals surface area (Å²) in [5.41, 5.74) is 4.21. The summed E-state index contributed by atoms with van der Waals surface area (Å²) >= 11 is 0. The zero-order chi connectivity index (χ0) is 32.7. The molecule has 5 rings (SSSR count). The third kappa shape index (κ3) is 8.42. The fraction of sp³-hybridized carbons (Fsp3) is 0.206. The van der Waals surface area contributed by atoms with Crippen LogP contribution in [0.5, 0.6) is 5.75 Å². The molecule has 0 fully saturated rings. The SMILES string of the molecule is COc1ccc(Cn2cc(-c3ccnc(NCCN(C)C)c3)c(-c3cccc(NC(=O)Nc4ccc(C(F)(F)F)cc4)c3)n2)cc1. The molecule has 2 heterocycles. The minimum Gasteiger partial charge on any atom is -0.497 e. The Balaban J connectivity index is 1.41. The van der Waals surface area contributed by atoms with Crippen molar-refractivity contribution in [2.45, 2.75) is 12.7 Å². The number of likely N-dealkylation sites (N-methyl/N-ethyl adjacent to an activating group) is 1. The molecule has 9 nitrogen and oxygen atoms in total. The highest BCUT2D eigenvalue weighted by molar-refractivity contribution is 6.00. The van der Waals surface area contributed by atoms with E-state index in [0.29, 0.717) is 17.9 Å². The van der Waals surface area contributed by atoms with Gasteiger partial charge in [0.2, 0.25) is 0 Å². The summed E-state index contributed by atoms with van der Waals surface area (Å²) in [5.74, 6) is 1.51. The number of benzene rings is 3. The van der Waals surface area contributed by atoms with E-state index in [1.165, 1.54) is 12.1 Å². The Morgan fingerprint density at radius 2 is 1.65 bits per heavy atom. The number of pyridine rings is 1. The summed E-state index contributed by atoms with van der Waals surface area (Å²) in [7, 11) is 5.65. The lowest BCUT2D eigenvalue weighted by atomic mass is 10.0. The summed E-state index contributed by atoms with van der Waals surface area (Å²) in [6.07, 6.45) is -0.723. The Bertz CT molecular complexity index is 1770. The number of amides is 2. The number of urea groups is 1. The van der Waals surface area contributed by atoms with E-state index in [4.69, 9.17) is 9.84 Å². The first kappa shape index (κ1) is 32.0. The number of hydrogen-bond donors (Lipinski definition) is 3. The predicted octanol–water partition coefficient (Wildman–Crippen LogP) is 7.31. The standard InChI is InChI=1S/C34H34F3N7O2/c1-43(2)18-17-39-31-20-24(15-16-38-31)30-22-44(21-23-7-13-29(46-3)14-8-23)42-32(30)25-5-4-6-28(19-25)41-33(45)40-27-11-9-26(10-12-27)34(35,36)37/h4-16,19-20,22H,17-18,21H2,1-3H3,(H,38,39)(H2,40,41,45). The molecule has 0 aliphatic rings. The number of aromatic nitrogens is 3. The van der Waals surface area contributed by atoms with Crippen molar-refractivity contribution in [3.63, 3.8) is 0 Å². The lowest BCUT2D eigenvalue weighted by Gasteiger charge is -2.12. The van der Waals surface area contributed by atoms with Crippen molar-refractivity contribution < 1.29 is 22.7 Å². The summed E-state index contributed by atoms with van der Waals surface area (Å²) in [4.78, 5) is 19.3. The van der Waals surface area contributed by atoms with Crippen LogP contribution in [0.2, 0.25) is 0 Å². The first-order valence-corrected chi connectivity index (χ1v) is 14.5. The quantitative estimate of drug-likeness (QED) is 0.142. The average Bonchev–Trinajstić information content (AvgIpc) is 3.45. The zero-order valence-corrected chi connectivity index (χ0v) is 25.6. The van der Waals surface area contributed by atoms with E-state index in [-0.39, 0.29) is 5.69 Å². The molecular weight excluding hydrogens is 595 g/mol. The van der Waals surface area contributed by atoms with Crippen molar-refractivity contribution >= 4 is 23.2 Å². The molecule has 0 aliphatic heterocycles. The molecule has 0 atom stereocenters. The highest BCUT2D eigenvalue weighted by Crippen LogP contribution is 2.34. The maximum atomic E-state index is 12.9. The average molecular weight is 630 g/mol. The van der Waals surface area contributed by atoms with Gasteiger partial charge in [-0.15, -0.1) is 0 Å². The molecule has 0 unspecified atom stereocenters. The van der Waals surface area contributed by atoms with Crippen LogP contribution in [0.25, 0.3) is 22.4 Å². The monoisotopic (exact) mass is 629 g/mol. The Kier molecular flexibility index (Phi) is 9.87. The number of methoxy groups -OCH3 is 1. The molecule has 12 heteroatoms. The minimum atomic E-state index is -4.46. The van der Waals surface area contributed by atoms with Crippen LogP contribution >= 0.6 is 0 Å². The highest BCUT2D eigenvalue weighted by Gasteiger charge is 2.30. The maximum Gasteiger partial charge on any atom is 0.416 e. The topological polar surface area (TPSA) is 96.3 Å². The molecule has 2 aromatic heterocycles. The molecule has 0 saturated heterocycles. The Hall–Kier alpha value is -5.36. The van der Waals surface area contributed by atoms with Crippen LogP contribution in [-0.4, -0.2) is 60.0 Å². The molecular formula is C34H34F3N7O2. The van der Waals surface area contributed by atoms with Gasteiger partial charge < -0.3 is 25.6 Å². The summed E-state index contributed by atoms with van der Waals surface area (Å²) in [5, 5.41) is 13.6. The number of rotatable bonds is 11. The van der Waals surface area contributed by atoms with Crippen molar-refractivity contribution in [1.29, 1.82) is 0 Å². The lowest BCUT2D eigenvalue weighted by molar-refractivity contribution is -0.137. The van der Waals surface area contributed by atoms with Gasteiger partial charge in [-0.1, -0.05) is 24.3 Å². The zero-order valence-electron chi connectivity index (χ0n) is 25.6. The number of carbonyl (C=O) groups excluding carboxylic acids is 1. The van der Waals surface area contributed by atoms with Crippen LogP contribution in [0.3, 0.4) is 0 Å². The van der Waals surface area contributed by atoms with Crippen LogP contribution in [0.15, 0.2) is 97.3 Å². The minimum absolute atomic E-state index is 0.230. The van der Waals surface area contributed by atoms with Gasteiger partial charge in [0.25, 0.3) is 0 Å². The Morgan fingerprint density at radius 3 is 2.35 bits per heavy atom. The molecule has 0 spiro atoms. The van der Waals surface area contributed by atoms with E-state index in [0.717, 1.165) is 59.0 Å². The molecule has 3 aromatic carbocycles. The van der Waals surface area contributed by atoms with Gasteiger partial charge in [-0.25, -0.2) is 9.78 Å². The van der Waals surface area contributed by atoms with Gasteiger partial charge in [0.1, 0.15) is 17.3 Å². The normalized spacial score (nSPS) is 11.4. The smallest absolute Gasteiger partial charge is 0.416 e. The van der Waals surface area contributed by atoms with Crippen molar-refractivity contribution in [2.75, 3.05) is 50.2 Å². The van der Waals surface area contributed by atoms with Gasteiger partial charge in [0, 0.05) is 48.0 Å². The van der Waals surface area contributed by atoms with Gasteiger partial charge in [0.05, 0.1) is 19.2 Å². The third-order valence-electron chi connectivity index (χ3n) is 7.07. The van der Waals surface area contributed by atoms with Gasteiger partial charge >= 0.3 is 12.2 Å². The summed E-state index contributed by atoms with van der Waals surface area (Å²) in [6.45, 7) is 2.10. The van der Waals surface area contributed by atoms with Crippen LogP contribution in [-0.2, 0) is 12.7 Å². The fourth-order valence-corrected chi connectivity index (χ4v) is 4.73. The fourth-order valence-electron chi connectivity index (χ4n) is 4.73. The van der Waals surface area contributed by atoms with E-state index in [1.54, 1.807) is 31.5 Å². The molecule has 0 aliphatic carbocycles. The van der Waals surface area contributed by atoms with Crippen molar-refractivity contribution in [2.24, 2.45) is 0 Å². The number of halogens is 3. The second kappa shape index (κ2) is 14.2. The van der Waals surface area contributed by atoms with Gasteiger partial charge in [-0.2, -0.15) is 18.3 Å². The van der Waals surface area contributed by atoms with E-state index in [2.05, 4.69) is 25.8 Å². The first-order chi connectivity index (χ1) is 22.1. The van der Waals surface area contributed by atoms with Gasteiger partial charge in [-0.3, -0.25) is 4.68 Å².